The van der Waals surface area contributed by atoms with Crippen molar-refractivity contribution in [2.24, 2.45) is 4.99 Å². The minimum absolute atomic E-state index is 0.491. The molecular weight excluding hydrogens is 302 g/mol. The van der Waals surface area contributed by atoms with Gasteiger partial charge in [-0.2, -0.15) is 0 Å². The molecule has 7 heteroatoms. The summed E-state index contributed by atoms with van der Waals surface area (Å²) in [5, 5.41) is 15.0. The second kappa shape index (κ2) is 10.1. The van der Waals surface area contributed by atoms with Crippen molar-refractivity contribution in [3.63, 3.8) is 0 Å². The lowest BCUT2D eigenvalue weighted by molar-refractivity contribution is 0.225. The van der Waals surface area contributed by atoms with E-state index in [1.54, 1.807) is 6.33 Å². The molecule has 0 aromatic carbocycles. The first-order chi connectivity index (χ1) is 11.8. The number of aliphatic imine (C=N–C) groups is 1. The van der Waals surface area contributed by atoms with E-state index in [1.165, 1.54) is 0 Å². The molecule has 1 aliphatic heterocycles. The van der Waals surface area contributed by atoms with Crippen LogP contribution in [0.25, 0.3) is 0 Å². The zero-order valence-corrected chi connectivity index (χ0v) is 15.0. The molecule has 1 aromatic rings. The second-order valence-electron chi connectivity index (χ2n) is 6.06. The van der Waals surface area contributed by atoms with Crippen LogP contribution in [0.15, 0.2) is 24.0 Å². The molecule has 1 fully saturated rings. The van der Waals surface area contributed by atoms with Crippen LogP contribution in [0.4, 0.5) is 0 Å². The lowest BCUT2D eigenvalue weighted by Crippen LogP contribution is -2.48. The Morgan fingerprint density at radius 1 is 1.42 bits per heavy atom. The molecule has 0 amide bonds. The molecule has 2 N–H and O–H groups in total. The number of piperidine rings is 1. The highest BCUT2D eigenvalue weighted by atomic mass is 15.3. The number of rotatable bonds is 8. The van der Waals surface area contributed by atoms with E-state index in [9.17, 15) is 0 Å². The lowest BCUT2D eigenvalue weighted by Gasteiger charge is -2.32. The SMILES string of the molecule is C=CCN1CCC(NC(=NCCn2cnnc2CC)NCC)CC1. The molecule has 0 spiro atoms. The van der Waals surface area contributed by atoms with Gasteiger partial charge in [0.15, 0.2) is 5.96 Å². The van der Waals surface area contributed by atoms with Crippen molar-refractivity contribution in [2.75, 3.05) is 32.7 Å². The van der Waals surface area contributed by atoms with Crippen LogP contribution < -0.4 is 10.6 Å². The van der Waals surface area contributed by atoms with Crippen LogP contribution in [0.2, 0.25) is 0 Å². The van der Waals surface area contributed by atoms with Crippen LogP contribution >= 0.6 is 0 Å². The van der Waals surface area contributed by atoms with Crippen LogP contribution in [0, 0.1) is 0 Å². The van der Waals surface area contributed by atoms with Gasteiger partial charge in [-0.3, -0.25) is 9.89 Å². The molecule has 7 nitrogen and oxygen atoms in total. The average Bonchev–Trinajstić information content (AvgIpc) is 3.04. The van der Waals surface area contributed by atoms with Gasteiger partial charge in [-0.25, -0.2) is 0 Å². The van der Waals surface area contributed by atoms with Crippen LogP contribution in [0.5, 0.6) is 0 Å². The molecule has 0 radical (unpaired) electrons. The molecule has 1 aliphatic rings. The van der Waals surface area contributed by atoms with Crippen molar-refractivity contribution >= 4 is 5.96 Å². The monoisotopic (exact) mass is 333 g/mol. The highest BCUT2D eigenvalue weighted by Gasteiger charge is 2.18. The van der Waals surface area contributed by atoms with Gasteiger partial charge in [0.2, 0.25) is 0 Å². The maximum Gasteiger partial charge on any atom is 0.191 e. The normalized spacial score (nSPS) is 17.0. The first-order valence-corrected chi connectivity index (χ1v) is 9.01. The predicted molar refractivity (Wildman–Crippen MR) is 98.2 cm³/mol. The largest absolute Gasteiger partial charge is 0.357 e. The van der Waals surface area contributed by atoms with Gasteiger partial charge in [0, 0.05) is 45.2 Å². The van der Waals surface area contributed by atoms with Crippen LogP contribution in [0.1, 0.15) is 32.5 Å². The maximum atomic E-state index is 4.70. The Morgan fingerprint density at radius 2 is 2.21 bits per heavy atom. The number of nitrogens with zero attached hydrogens (tertiary/aromatic N) is 5. The summed E-state index contributed by atoms with van der Waals surface area (Å²) in [6.45, 7) is 13.6. The quantitative estimate of drug-likeness (QED) is 0.423. The van der Waals surface area contributed by atoms with E-state index in [4.69, 9.17) is 4.99 Å². The first kappa shape index (κ1) is 18.4. The van der Waals surface area contributed by atoms with Crippen molar-refractivity contribution in [3.05, 3.63) is 24.8 Å². The van der Waals surface area contributed by atoms with E-state index >= 15 is 0 Å². The topological polar surface area (TPSA) is 70.4 Å². The smallest absolute Gasteiger partial charge is 0.191 e. The summed E-state index contributed by atoms with van der Waals surface area (Å²) in [5.74, 6) is 1.92. The molecule has 0 unspecified atom stereocenters. The molecule has 2 heterocycles. The molecule has 0 atom stereocenters. The summed E-state index contributed by atoms with van der Waals surface area (Å²) < 4.78 is 2.07. The fourth-order valence-electron chi connectivity index (χ4n) is 2.96. The molecule has 134 valence electrons. The Bertz CT molecular complexity index is 515. The first-order valence-electron chi connectivity index (χ1n) is 9.01. The van der Waals surface area contributed by atoms with Crippen molar-refractivity contribution in [3.8, 4) is 0 Å². The van der Waals surface area contributed by atoms with E-state index < -0.39 is 0 Å². The minimum Gasteiger partial charge on any atom is -0.357 e. The van der Waals surface area contributed by atoms with Crippen molar-refractivity contribution in [1.29, 1.82) is 0 Å². The predicted octanol–water partition coefficient (Wildman–Crippen LogP) is 1.05. The highest BCUT2D eigenvalue weighted by molar-refractivity contribution is 5.80. The van der Waals surface area contributed by atoms with E-state index in [1.807, 2.05) is 6.08 Å². The summed E-state index contributed by atoms with van der Waals surface area (Å²) in [7, 11) is 0. The van der Waals surface area contributed by atoms with Gasteiger partial charge in [0.05, 0.1) is 6.54 Å². The number of nitrogens with one attached hydrogen (secondary N) is 2. The Balaban J connectivity index is 1.81. The highest BCUT2D eigenvalue weighted by Crippen LogP contribution is 2.09. The third-order valence-electron chi connectivity index (χ3n) is 4.28. The van der Waals surface area contributed by atoms with Gasteiger partial charge in [-0.1, -0.05) is 13.0 Å². The standard InChI is InChI=1S/C17H31N7/c1-4-10-23-11-7-15(8-12-23)21-17(18-6-3)19-9-13-24-14-20-22-16(24)5-2/h4,14-15H,1,5-13H2,2-3H3,(H2,18,19,21). The third kappa shape index (κ3) is 5.63. The number of aryl methyl sites for hydroxylation is 1. The summed E-state index contributed by atoms with van der Waals surface area (Å²) in [6, 6.07) is 0.491. The van der Waals surface area contributed by atoms with Crippen LogP contribution in [0.3, 0.4) is 0 Å². The van der Waals surface area contributed by atoms with Crippen molar-refractivity contribution in [1.82, 2.24) is 30.3 Å². The second-order valence-corrected chi connectivity index (χ2v) is 6.06. The summed E-state index contributed by atoms with van der Waals surface area (Å²) >= 11 is 0. The fraction of sp³-hybridized carbons (Fsp3) is 0.706. The number of aromatic nitrogens is 3. The molecule has 0 saturated carbocycles. The molecule has 1 saturated heterocycles. The fourth-order valence-corrected chi connectivity index (χ4v) is 2.96. The van der Waals surface area contributed by atoms with E-state index in [0.29, 0.717) is 6.04 Å². The van der Waals surface area contributed by atoms with Gasteiger partial charge in [-0.15, -0.1) is 16.8 Å². The Morgan fingerprint density at radius 3 is 2.88 bits per heavy atom. The maximum absolute atomic E-state index is 4.70. The number of guanidine groups is 1. The molecule has 1 aromatic heterocycles. The molecule has 24 heavy (non-hydrogen) atoms. The Hall–Kier alpha value is -1.89. The molecule has 2 rings (SSSR count). The molecular formula is C17H31N7. The summed E-state index contributed by atoms with van der Waals surface area (Å²) in [5.41, 5.74) is 0. The van der Waals surface area contributed by atoms with Gasteiger partial charge in [0.1, 0.15) is 12.2 Å². The zero-order chi connectivity index (χ0) is 17.2. The van der Waals surface area contributed by atoms with E-state index in [-0.39, 0.29) is 0 Å². The Kier molecular flexibility index (Phi) is 7.74. The van der Waals surface area contributed by atoms with Gasteiger partial charge >= 0.3 is 0 Å². The summed E-state index contributed by atoms with van der Waals surface area (Å²) in [4.78, 5) is 7.14. The summed E-state index contributed by atoms with van der Waals surface area (Å²) in [6.07, 6.45) is 6.94. The zero-order valence-electron chi connectivity index (χ0n) is 15.0. The van der Waals surface area contributed by atoms with E-state index in [2.05, 4.69) is 50.7 Å². The average molecular weight is 333 g/mol. The van der Waals surface area contributed by atoms with Crippen molar-refractivity contribution < 1.29 is 0 Å². The number of hydrogen-bond donors (Lipinski definition) is 2. The Labute approximate surface area is 145 Å². The van der Waals surface area contributed by atoms with Crippen molar-refractivity contribution in [2.45, 2.75) is 45.7 Å². The third-order valence-corrected chi connectivity index (χ3v) is 4.28. The molecule has 0 bridgehead atoms. The molecule has 0 aliphatic carbocycles. The van der Waals surface area contributed by atoms with Gasteiger partial charge in [0.25, 0.3) is 0 Å². The van der Waals surface area contributed by atoms with Gasteiger partial charge in [-0.05, 0) is 19.8 Å². The number of hydrogen-bond acceptors (Lipinski definition) is 4. The number of likely N-dealkylation sites (tertiary alicyclic amines) is 1. The van der Waals surface area contributed by atoms with Gasteiger partial charge < -0.3 is 15.2 Å². The minimum atomic E-state index is 0.491. The van der Waals surface area contributed by atoms with Crippen LogP contribution in [-0.4, -0.2) is 64.4 Å². The van der Waals surface area contributed by atoms with Crippen LogP contribution in [-0.2, 0) is 13.0 Å². The van der Waals surface area contributed by atoms with E-state index in [0.717, 1.165) is 70.3 Å². The lowest BCUT2D eigenvalue weighted by atomic mass is 10.1.